The summed E-state index contributed by atoms with van der Waals surface area (Å²) in [6.45, 7) is 4.73. The molecule has 0 aliphatic carbocycles. The topological polar surface area (TPSA) is 107 Å². The number of aromatic nitrogens is 5. The fourth-order valence-electron chi connectivity index (χ4n) is 4.07. The number of rotatable bonds is 9. The molecule has 0 saturated carbocycles. The number of pyridine rings is 1. The summed E-state index contributed by atoms with van der Waals surface area (Å²) in [6, 6.07) is 13.9. The van der Waals surface area contributed by atoms with Crippen molar-refractivity contribution < 1.29 is 14.2 Å². The monoisotopic (exact) mass is 462 g/mol. The molecule has 10 heteroatoms. The molecule has 0 spiro atoms. The van der Waals surface area contributed by atoms with Gasteiger partial charge in [0.1, 0.15) is 0 Å². The van der Waals surface area contributed by atoms with E-state index in [0.29, 0.717) is 44.2 Å². The molecule has 0 saturated heterocycles. The Morgan fingerprint density at radius 1 is 1.09 bits per heavy atom. The number of nitrogens with zero attached hydrogens (tertiary/aromatic N) is 5. The molecule has 0 atom stereocenters. The molecule has 0 unspecified atom stereocenters. The van der Waals surface area contributed by atoms with E-state index >= 15 is 0 Å². The molecule has 2 aromatic carbocycles. The Bertz CT molecular complexity index is 1370. The predicted octanol–water partition coefficient (Wildman–Crippen LogP) is 2.40. The molecular weight excluding hydrogens is 436 g/mol. The number of tetrazole rings is 1. The van der Waals surface area contributed by atoms with Crippen molar-refractivity contribution in [3.05, 3.63) is 75.3 Å². The maximum Gasteiger partial charge on any atom is 0.252 e. The van der Waals surface area contributed by atoms with Crippen LogP contribution >= 0.6 is 0 Å². The molecular formula is C24H26N6O4. The highest BCUT2D eigenvalue weighted by Crippen LogP contribution is 2.33. The van der Waals surface area contributed by atoms with Gasteiger partial charge in [-0.25, -0.2) is 4.68 Å². The van der Waals surface area contributed by atoms with Gasteiger partial charge in [-0.2, -0.15) is 0 Å². The van der Waals surface area contributed by atoms with Gasteiger partial charge in [0, 0.05) is 31.3 Å². The van der Waals surface area contributed by atoms with Crippen LogP contribution in [0.15, 0.2) is 47.3 Å². The minimum Gasteiger partial charge on any atom is -0.454 e. The minimum absolute atomic E-state index is 0.104. The Morgan fingerprint density at radius 3 is 2.85 bits per heavy atom. The summed E-state index contributed by atoms with van der Waals surface area (Å²) in [6.07, 6.45) is 0. The quantitative estimate of drug-likeness (QED) is 0.404. The highest BCUT2D eigenvalue weighted by Gasteiger charge is 2.18. The second kappa shape index (κ2) is 9.62. The molecule has 0 fully saturated rings. The Hall–Kier alpha value is -3.76. The van der Waals surface area contributed by atoms with Gasteiger partial charge in [-0.15, -0.1) is 5.10 Å². The molecule has 2 aromatic heterocycles. The van der Waals surface area contributed by atoms with E-state index in [1.165, 1.54) is 0 Å². The van der Waals surface area contributed by atoms with Gasteiger partial charge in [0.25, 0.3) is 5.56 Å². The Morgan fingerprint density at radius 2 is 1.97 bits per heavy atom. The van der Waals surface area contributed by atoms with Crippen molar-refractivity contribution in [2.24, 2.45) is 0 Å². The van der Waals surface area contributed by atoms with Crippen LogP contribution in [0.25, 0.3) is 10.9 Å². The molecule has 5 rings (SSSR count). The van der Waals surface area contributed by atoms with E-state index in [4.69, 9.17) is 14.2 Å². The van der Waals surface area contributed by atoms with Gasteiger partial charge in [0.15, 0.2) is 17.3 Å². The van der Waals surface area contributed by atoms with Gasteiger partial charge in [-0.05, 0) is 58.1 Å². The first-order valence-corrected chi connectivity index (χ1v) is 11.1. The Labute approximate surface area is 196 Å². The summed E-state index contributed by atoms with van der Waals surface area (Å²) in [4.78, 5) is 18.1. The molecule has 1 aliphatic heterocycles. The zero-order chi connectivity index (χ0) is 23.5. The first-order chi connectivity index (χ1) is 16.6. The number of nitrogens with one attached hydrogen (secondary N) is 1. The second-order valence-electron chi connectivity index (χ2n) is 8.36. The third-order valence-electron chi connectivity index (χ3n) is 5.79. The van der Waals surface area contributed by atoms with Crippen LogP contribution in [0.1, 0.15) is 22.5 Å². The van der Waals surface area contributed by atoms with Crippen LogP contribution in [-0.2, 0) is 30.9 Å². The molecule has 10 nitrogen and oxygen atoms in total. The van der Waals surface area contributed by atoms with Crippen molar-refractivity contribution in [2.45, 2.75) is 33.1 Å². The van der Waals surface area contributed by atoms with Crippen LogP contribution in [-0.4, -0.2) is 50.6 Å². The number of benzene rings is 2. The average Bonchev–Trinajstić information content (AvgIpc) is 3.47. The van der Waals surface area contributed by atoms with Gasteiger partial charge in [0.2, 0.25) is 6.79 Å². The molecule has 0 radical (unpaired) electrons. The van der Waals surface area contributed by atoms with Crippen molar-refractivity contribution in [3.63, 3.8) is 0 Å². The van der Waals surface area contributed by atoms with Crippen LogP contribution < -0.4 is 15.0 Å². The van der Waals surface area contributed by atoms with E-state index in [-0.39, 0.29) is 12.4 Å². The highest BCUT2D eigenvalue weighted by atomic mass is 16.7. The van der Waals surface area contributed by atoms with E-state index in [1.54, 1.807) is 11.8 Å². The fourth-order valence-corrected chi connectivity index (χ4v) is 4.07. The second-order valence-corrected chi connectivity index (χ2v) is 8.36. The van der Waals surface area contributed by atoms with Crippen molar-refractivity contribution in [1.82, 2.24) is 30.1 Å². The number of hydrogen-bond acceptors (Lipinski definition) is 8. The van der Waals surface area contributed by atoms with Gasteiger partial charge in [-0.1, -0.05) is 18.2 Å². The first kappa shape index (κ1) is 22.1. The third-order valence-corrected chi connectivity index (χ3v) is 5.79. The molecule has 1 aliphatic rings. The lowest BCUT2D eigenvalue weighted by molar-refractivity contribution is 0.173. The van der Waals surface area contributed by atoms with Crippen LogP contribution in [0.5, 0.6) is 11.5 Å². The number of aromatic amines is 1. The number of ether oxygens (including phenoxy) is 3. The SMILES string of the molecule is COCCn1nnnc1CN(Cc1ccc2c(c1)OCO2)Cc1cc2ccc(C)cc2[nH]c1=O. The standard InChI is InChI=1S/C24H26N6O4/c1-16-3-5-18-11-19(24(31)25-20(18)9-16)13-29(14-23-26-27-28-30(23)7-8-32-2)12-17-4-6-21-22(10-17)34-15-33-21/h3-6,9-11H,7-8,12-15H2,1-2H3,(H,25,31). The van der Waals surface area contributed by atoms with Crippen molar-refractivity contribution in [3.8, 4) is 11.5 Å². The summed E-state index contributed by atoms with van der Waals surface area (Å²) in [5.41, 5.74) is 3.54. The minimum atomic E-state index is -0.104. The molecule has 0 bridgehead atoms. The maximum absolute atomic E-state index is 12.9. The van der Waals surface area contributed by atoms with E-state index in [9.17, 15) is 4.79 Å². The van der Waals surface area contributed by atoms with Crippen LogP contribution in [0.4, 0.5) is 0 Å². The summed E-state index contributed by atoms with van der Waals surface area (Å²) >= 11 is 0. The zero-order valence-corrected chi connectivity index (χ0v) is 19.2. The third kappa shape index (κ3) is 4.78. The molecule has 176 valence electrons. The normalized spacial score (nSPS) is 12.7. The lowest BCUT2D eigenvalue weighted by atomic mass is 10.1. The highest BCUT2D eigenvalue weighted by molar-refractivity contribution is 5.79. The number of methoxy groups -OCH3 is 1. The summed E-state index contributed by atoms with van der Waals surface area (Å²) in [5.74, 6) is 2.16. The Kier molecular flexibility index (Phi) is 6.24. The summed E-state index contributed by atoms with van der Waals surface area (Å²) < 4.78 is 17.9. The molecule has 3 heterocycles. The van der Waals surface area contributed by atoms with Crippen LogP contribution in [0.2, 0.25) is 0 Å². The smallest absolute Gasteiger partial charge is 0.252 e. The molecule has 4 aromatic rings. The van der Waals surface area contributed by atoms with E-state index in [2.05, 4.69) is 25.4 Å². The number of hydrogen-bond donors (Lipinski definition) is 1. The first-order valence-electron chi connectivity index (χ1n) is 11.1. The zero-order valence-electron chi connectivity index (χ0n) is 19.2. The average molecular weight is 463 g/mol. The number of fused-ring (bicyclic) bond motifs is 2. The summed E-state index contributed by atoms with van der Waals surface area (Å²) in [7, 11) is 1.64. The number of H-pyrrole nitrogens is 1. The van der Waals surface area contributed by atoms with Gasteiger partial charge in [-0.3, -0.25) is 9.69 Å². The van der Waals surface area contributed by atoms with Crippen molar-refractivity contribution in [2.75, 3.05) is 20.5 Å². The number of aryl methyl sites for hydroxylation is 1. The van der Waals surface area contributed by atoms with E-state index < -0.39 is 0 Å². The van der Waals surface area contributed by atoms with E-state index in [0.717, 1.165) is 33.5 Å². The largest absolute Gasteiger partial charge is 0.454 e. The summed E-state index contributed by atoms with van der Waals surface area (Å²) in [5, 5.41) is 13.1. The molecule has 0 amide bonds. The molecule has 34 heavy (non-hydrogen) atoms. The Balaban J connectivity index is 1.44. The van der Waals surface area contributed by atoms with Crippen molar-refractivity contribution >= 4 is 10.9 Å². The van der Waals surface area contributed by atoms with Crippen molar-refractivity contribution in [1.29, 1.82) is 0 Å². The van der Waals surface area contributed by atoms with Crippen LogP contribution in [0, 0.1) is 6.92 Å². The van der Waals surface area contributed by atoms with Gasteiger partial charge < -0.3 is 19.2 Å². The molecule has 1 N–H and O–H groups in total. The van der Waals surface area contributed by atoms with E-state index in [1.807, 2.05) is 49.4 Å². The van der Waals surface area contributed by atoms with Gasteiger partial charge in [0.05, 0.1) is 19.7 Å². The van der Waals surface area contributed by atoms with Gasteiger partial charge >= 0.3 is 0 Å². The lowest BCUT2D eigenvalue weighted by Gasteiger charge is -2.22. The predicted molar refractivity (Wildman–Crippen MR) is 125 cm³/mol. The lowest BCUT2D eigenvalue weighted by Crippen LogP contribution is -2.28. The maximum atomic E-state index is 12.9. The fraction of sp³-hybridized carbons (Fsp3) is 0.333. The van der Waals surface area contributed by atoms with Crippen LogP contribution in [0.3, 0.4) is 0 Å².